The van der Waals surface area contributed by atoms with Crippen LogP contribution in [0.25, 0.3) is 0 Å². The molecule has 1 unspecified atom stereocenters. The molecule has 0 aromatic heterocycles. The van der Waals surface area contributed by atoms with Crippen LogP contribution >= 0.6 is 0 Å². The smallest absolute Gasteiger partial charge is 0.220 e. The molecule has 4 heteroatoms. The highest BCUT2D eigenvalue weighted by atomic mass is 16.5. The second-order valence-electron chi connectivity index (χ2n) is 5.60. The molecule has 0 radical (unpaired) electrons. The van der Waals surface area contributed by atoms with Gasteiger partial charge in [0.2, 0.25) is 5.91 Å². The van der Waals surface area contributed by atoms with Gasteiger partial charge in [-0.1, -0.05) is 24.3 Å². The summed E-state index contributed by atoms with van der Waals surface area (Å²) in [6.07, 6.45) is 5.93. The molecule has 21 heavy (non-hydrogen) atoms. The topological polar surface area (TPSA) is 58.6 Å². The van der Waals surface area contributed by atoms with E-state index >= 15 is 0 Å². The molecule has 2 N–H and O–H groups in total. The Kier molecular flexibility index (Phi) is 6.70. The van der Waals surface area contributed by atoms with E-state index < -0.39 is 0 Å². The molecule has 1 atom stereocenters. The van der Waals surface area contributed by atoms with Gasteiger partial charge in [-0.2, -0.15) is 0 Å². The number of hydrogen-bond acceptors (Lipinski definition) is 3. The van der Waals surface area contributed by atoms with Crippen molar-refractivity contribution in [3.8, 4) is 0 Å². The van der Waals surface area contributed by atoms with Crippen LogP contribution in [0.1, 0.15) is 43.2 Å². The van der Waals surface area contributed by atoms with Crippen molar-refractivity contribution in [2.75, 3.05) is 13.2 Å². The van der Waals surface area contributed by atoms with E-state index in [-0.39, 0.29) is 18.6 Å². The van der Waals surface area contributed by atoms with Gasteiger partial charge in [0, 0.05) is 19.6 Å². The molecule has 4 nitrogen and oxygen atoms in total. The first kappa shape index (κ1) is 16.0. The third kappa shape index (κ3) is 5.86. The Hall–Kier alpha value is -1.39. The number of hydrogen-bond donors (Lipinski definition) is 2. The normalized spacial score (nSPS) is 18.4. The fourth-order valence-electron chi connectivity index (χ4n) is 2.57. The minimum Gasteiger partial charge on any atom is -0.392 e. The van der Waals surface area contributed by atoms with Gasteiger partial charge < -0.3 is 15.2 Å². The lowest BCUT2D eigenvalue weighted by Gasteiger charge is -2.22. The molecule has 116 valence electrons. The first-order valence-corrected chi connectivity index (χ1v) is 7.85. The van der Waals surface area contributed by atoms with E-state index in [1.807, 2.05) is 24.3 Å². The van der Waals surface area contributed by atoms with E-state index in [2.05, 4.69) is 5.32 Å². The molecule has 1 aliphatic rings. The van der Waals surface area contributed by atoms with E-state index in [9.17, 15) is 4.79 Å². The number of rotatable bonds is 7. The SMILES string of the molecule is O=C(CCC1CCCCO1)NCCc1ccc(CO)cc1. The number of carbonyl (C=O) groups excluding carboxylic acids is 1. The van der Waals surface area contributed by atoms with Crippen molar-refractivity contribution in [2.24, 2.45) is 0 Å². The summed E-state index contributed by atoms with van der Waals surface area (Å²) in [5.74, 6) is 0.108. The van der Waals surface area contributed by atoms with Crippen molar-refractivity contribution < 1.29 is 14.6 Å². The minimum atomic E-state index is 0.0697. The van der Waals surface area contributed by atoms with E-state index in [0.717, 1.165) is 37.9 Å². The average Bonchev–Trinajstić information content (AvgIpc) is 2.54. The lowest BCUT2D eigenvalue weighted by atomic mass is 10.0. The van der Waals surface area contributed by atoms with Gasteiger partial charge in [0.25, 0.3) is 0 Å². The fourth-order valence-corrected chi connectivity index (χ4v) is 2.57. The van der Waals surface area contributed by atoms with Crippen molar-refractivity contribution >= 4 is 5.91 Å². The summed E-state index contributed by atoms with van der Waals surface area (Å²) < 4.78 is 5.62. The Balaban J connectivity index is 1.59. The maximum Gasteiger partial charge on any atom is 0.220 e. The van der Waals surface area contributed by atoms with Crippen LogP contribution in [-0.2, 0) is 22.6 Å². The molecule has 0 bridgehead atoms. The van der Waals surface area contributed by atoms with E-state index in [4.69, 9.17) is 9.84 Å². The molecule has 0 aliphatic carbocycles. The van der Waals surface area contributed by atoms with Crippen LogP contribution in [0.5, 0.6) is 0 Å². The molecular weight excluding hydrogens is 266 g/mol. The highest BCUT2D eigenvalue weighted by Crippen LogP contribution is 2.16. The highest BCUT2D eigenvalue weighted by Gasteiger charge is 2.14. The number of nitrogens with one attached hydrogen (secondary N) is 1. The predicted octanol–water partition coefficient (Wildman–Crippen LogP) is 2.19. The largest absolute Gasteiger partial charge is 0.392 e. The number of amides is 1. The quantitative estimate of drug-likeness (QED) is 0.809. The van der Waals surface area contributed by atoms with E-state index in [0.29, 0.717) is 13.0 Å². The van der Waals surface area contributed by atoms with Gasteiger partial charge in [-0.15, -0.1) is 0 Å². The summed E-state index contributed by atoms with van der Waals surface area (Å²) >= 11 is 0. The van der Waals surface area contributed by atoms with Gasteiger partial charge in [0.1, 0.15) is 0 Å². The van der Waals surface area contributed by atoms with Gasteiger partial charge in [0.05, 0.1) is 12.7 Å². The fraction of sp³-hybridized carbons (Fsp3) is 0.588. The lowest BCUT2D eigenvalue weighted by molar-refractivity contribution is -0.122. The van der Waals surface area contributed by atoms with E-state index in [1.165, 1.54) is 12.0 Å². The second kappa shape index (κ2) is 8.80. The Morgan fingerprint density at radius 3 is 2.67 bits per heavy atom. The van der Waals surface area contributed by atoms with Crippen molar-refractivity contribution in [1.29, 1.82) is 0 Å². The third-order valence-electron chi connectivity index (χ3n) is 3.91. The molecule has 0 spiro atoms. The molecular formula is C17H25NO3. The van der Waals surface area contributed by atoms with Crippen molar-refractivity contribution in [1.82, 2.24) is 5.32 Å². The second-order valence-corrected chi connectivity index (χ2v) is 5.60. The van der Waals surface area contributed by atoms with Crippen molar-refractivity contribution in [2.45, 2.75) is 51.2 Å². The lowest BCUT2D eigenvalue weighted by Crippen LogP contribution is -2.28. The predicted molar refractivity (Wildman–Crippen MR) is 81.9 cm³/mol. The van der Waals surface area contributed by atoms with Crippen LogP contribution in [0.15, 0.2) is 24.3 Å². The van der Waals surface area contributed by atoms with Gasteiger partial charge in [0.15, 0.2) is 0 Å². The first-order chi connectivity index (χ1) is 10.3. The number of ether oxygens (including phenoxy) is 1. The third-order valence-corrected chi connectivity index (χ3v) is 3.91. The number of aliphatic hydroxyl groups excluding tert-OH is 1. The van der Waals surface area contributed by atoms with Gasteiger partial charge in [-0.05, 0) is 43.2 Å². The van der Waals surface area contributed by atoms with Crippen LogP contribution in [0.2, 0.25) is 0 Å². The first-order valence-electron chi connectivity index (χ1n) is 7.85. The van der Waals surface area contributed by atoms with Crippen LogP contribution in [0.3, 0.4) is 0 Å². The molecule has 0 saturated carbocycles. The van der Waals surface area contributed by atoms with Crippen molar-refractivity contribution in [3.05, 3.63) is 35.4 Å². The van der Waals surface area contributed by atoms with Crippen LogP contribution in [-0.4, -0.2) is 30.3 Å². The summed E-state index contributed by atoms with van der Waals surface area (Å²) in [6, 6.07) is 7.82. The maximum atomic E-state index is 11.8. The van der Waals surface area contributed by atoms with E-state index in [1.54, 1.807) is 0 Å². The molecule has 1 amide bonds. The van der Waals surface area contributed by atoms with Crippen molar-refractivity contribution in [3.63, 3.8) is 0 Å². The van der Waals surface area contributed by atoms with Crippen LogP contribution < -0.4 is 5.32 Å². The molecule has 1 aliphatic heterocycles. The van der Waals surface area contributed by atoms with Crippen LogP contribution in [0.4, 0.5) is 0 Å². The molecule has 1 fully saturated rings. The minimum absolute atomic E-state index is 0.0697. The summed E-state index contributed by atoms with van der Waals surface area (Å²) in [5.41, 5.74) is 2.08. The van der Waals surface area contributed by atoms with Crippen LogP contribution in [0, 0.1) is 0 Å². The zero-order chi connectivity index (χ0) is 14.9. The number of carbonyl (C=O) groups is 1. The average molecular weight is 291 g/mol. The monoisotopic (exact) mass is 291 g/mol. The molecule has 2 rings (SSSR count). The maximum absolute atomic E-state index is 11.8. The summed E-state index contributed by atoms with van der Waals surface area (Å²) in [6.45, 7) is 1.57. The molecule has 1 aromatic rings. The summed E-state index contributed by atoms with van der Waals surface area (Å²) in [4.78, 5) is 11.8. The Morgan fingerprint density at radius 1 is 1.24 bits per heavy atom. The molecule has 1 heterocycles. The van der Waals surface area contributed by atoms with Gasteiger partial charge in [-0.25, -0.2) is 0 Å². The number of benzene rings is 1. The Bertz CT molecular complexity index is 424. The Morgan fingerprint density at radius 2 is 2.00 bits per heavy atom. The Labute approximate surface area is 126 Å². The summed E-state index contributed by atoms with van der Waals surface area (Å²) in [5, 5.41) is 11.9. The molecule has 1 saturated heterocycles. The van der Waals surface area contributed by atoms with Gasteiger partial charge in [-0.3, -0.25) is 4.79 Å². The standard InChI is InChI=1S/C17H25NO3/c19-13-15-6-4-14(5-7-15)10-11-18-17(20)9-8-16-3-1-2-12-21-16/h4-7,16,19H,1-3,8-13H2,(H,18,20). The zero-order valence-corrected chi connectivity index (χ0v) is 12.5. The van der Waals surface area contributed by atoms with Gasteiger partial charge >= 0.3 is 0 Å². The number of aliphatic hydroxyl groups is 1. The zero-order valence-electron chi connectivity index (χ0n) is 12.5. The highest BCUT2D eigenvalue weighted by molar-refractivity contribution is 5.75. The summed E-state index contributed by atoms with van der Waals surface area (Å²) in [7, 11) is 0. The molecule has 1 aromatic carbocycles.